The van der Waals surface area contributed by atoms with Gasteiger partial charge < -0.3 is 10.1 Å². The van der Waals surface area contributed by atoms with E-state index in [0.29, 0.717) is 0 Å². The average Bonchev–Trinajstić information content (AvgIpc) is 2.60. The minimum atomic E-state index is -3.90. The van der Waals surface area contributed by atoms with Crippen molar-refractivity contribution in [3.63, 3.8) is 0 Å². The summed E-state index contributed by atoms with van der Waals surface area (Å²) >= 11 is 0. The van der Waals surface area contributed by atoms with Crippen LogP contribution in [0.4, 0.5) is 9.18 Å². The van der Waals surface area contributed by atoms with Crippen LogP contribution < -0.4 is 10.6 Å². The van der Waals surface area contributed by atoms with Crippen LogP contribution in [0.25, 0.3) is 0 Å². The van der Waals surface area contributed by atoms with Gasteiger partial charge in [0.1, 0.15) is 5.82 Å². The number of carbonyl (C=O) groups excluding carboxylic acids is 3. The van der Waals surface area contributed by atoms with Gasteiger partial charge in [0.25, 0.3) is 5.91 Å². The second-order valence-electron chi connectivity index (χ2n) is 4.93. The van der Waals surface area contributed by atoms with Crippen molar-refractivity contribution in [2.24, 2.45) is 0 Å². The largest absolute Gasteiger partial charge is 0.452 e. The topological polar surface area (TPSA) is 122 Å². The summed E-state index contributed by atoms with van der Waals surface area (Å²) in [5.41, 5.74) is -0.633. The van der Waals surface area contributed by atoms with Gasteiger partial charge in [-0.25, -0.2) is 22.4 Å². The van der Waals surface area contributed by atoms with E-state index >= 15 is 0 Å². The molecule has 0 heterocycles. The van der Waals surface area contributed by atoms with Crippen LogP contribution in [0.5, 0.6) is 0 Å². The number of imide groups is 1. The van der Waals surface area contributed by atoms with Crippen LogP contribution in [-0.2, 0) is 19.6 Å². The van der Waals surface area contributed by atoms with E-state index in [2.05, 4.69) is 10.1 Å². The van der Waals surface area contributed by atoms with Gasteiger partial charge >= 0.3 is 12.0 Å². The third-order valence-electron chi connectivity index (χ3n) is 3.32. The molecule has 0 atom stereocenters. The fourth-order valence-electron chi connectivity index (χ4n) is 1.97. The van der Waals surface area contributed by atoms with Gasteiger partial charge in [-0.1, -0.05) is 13.8 Å². The van der Waals surface area contributed by atoms with E-state index in [0.717, 1.165) is 22.5 Å². The average molecular weight is 389 g/mol. The van der Waals surface area contributed by atoms with Gasteiger partial charge in [-0.05, 0) is 18.2 Å². The third-order valence-corrected chi connectivity index (χ3v) is 5.36. The van der Waals surface area contributed by atoms with Crippen LogP contribution in [0.2, 0.25) is 0 Å². The highest BCUT2D eigenvalue weighted by atomic mass is 32.2. The molecule has 11 heteroatoms. The smallest absolute Gasteiger partial charge is 0.341 e. The lowest BCUT2D eigenvalue weighted by Crippen LogP contribution is -2.39. The Labute approximate surface area is 150 Å². The second kappa shape index (κ2) is 9.25. The number of hydrogen-bond donors (Lipinski definition) is 2. The molecule has 1 aromatic rings. The van der Waals surface area contributed by atoms with Crippen LogP contribution in [0.3, 0.4) is 0 Å². The quantitative estimate of drug-likeness (QED) is 0.654. The Balaban J connectivity index is 2.98. The summed E-state index contributed by atoms with van der Waals surface area (Å²) in [6, 6.07) is 1.92. The SMILES string of the molecule is CCN(CC)S(=O)(=O)c1ccc(F)c(C(=O)OCC(=O)NC(=O)NC)c1. The van der Waals surface area contributed by atoms with E-state index in [1.807, 2.05) is 5.32 Å². The minimum absolute atomic E-state index is 0.204. The zero-order valence-electron chi connectivity index (χ0n) is 14.5. The third kappa shape index (κ3) is 5.23. The van der Waals surface area contributed by atoms with Gasteiger partial charge in [-0.3, -0.25) is 10.1 Å². The Bertz CT molecular complexity index is 793. The highest BCUT2D eigenvalue weighted by molar-refractivity contribution is 7.89. The molecule has 0 aromatic heterocycles. The molecule has 0 aliphatic rings. The minimum Gasteiger partial charge on any atom is -0.452 e. The molecule has 1 rings (SSSR count). The predicted octanol–water partition coefficient (Wildman–Crippen LogP) is 0.469. The normalized spacial score (nSPS) is 11.1. The summed E-state index contributed by atoms with van der Waals surface area (Å²) in [6.07, 6.45) is 0. The molecule has 0 saturated heterocycles. The van der Waals surface area contributed by atoms with Gasteiger partial charge in [-0.15, -0.1) is 0 Å². The first-order chi connectivity index (χ1) is 12.2. The maximum atomic E-state index is 13.9. The lowest BCUT2D eigenvalue weighted by atomic mass is 10.2. The van der Waals surface area contributed by atoms with Crippen molar-refractivity contribution in [3.8, 4) is 0 Å². The van der Waals surface area contributed by atoms with Crippen LogP contribution in [0.15, 0.2) is 23.1 Å². The second-order valence-corrected chi connectivity index (χ2v) is 6.87. The van der Waals surface area contributed by atoms with Crippen molar-refractivity contribution in [1.29, 1.82) is 0 Å². The summed E-state index contributed by atoms with van der Waals surface area (Å²) in [5, 5.41) is 3.98. The van der Waals surface area contributed by atoms with Crippen LogP contribution >= 0.6 is 0 Å². The Kier molecular flexibility index (Phi) is 7.65. The van der Waals surface area contributed by atoms with Crippen molar-refractivity contribution in [3.05, 3.63) is 29.6 Å². The first-order valence-corrected chi connectivity index (χ1v) is 9.09. The van der Waals surface area contributed by atoms with E-state index in [-0.39, 0.29) is 18.0 Å². The number of halogens is 1. The number of hydrogen-bond acceptors (Lipinski definition) is 6. The molecule has 144 valence electrons. The first-order valence-electron chi connectivity index (χ1n) is 7.65. The van der Waals surface area contributed by atoms with Crippen molar-refractivity contribution in [2.75, 3.05) is 26.7 Å². The molecule has 0 aliphatic heterocycles. The Morgan fingerprint density at radius 1 is 1.19 bits per heavy atom. The molecule has 0 unspecified atom stereocenters. The number of nitrogens with zero attached hydrogens (tertiary/aromatic N) is 1. The molecule has 0 bridgehead atoms. The molecular formula is C15H20FN3O6S. The van der Waals surface area contributed by atoms with Crippen molar-refractivity contribution >= 4 is 27.9 Å². The predicted molar refractivity (Wildman–Crippen MR) is 89.4 cm³/mol. The molecule has 26 heavy (non-hydrogen) atoms. The summed E-state index contributed by atoms with van der Waals surface area (Å²) in [7, 11) is -2.61. The lowest BCUT2D eigenvalue weighted by molar-refractivity contribution is -0.123. The summed E-state index contributed by atoms with van der Waals surface area (Å²) in [5.74, 6) is -3.16. The molecular weight excluding hydrogens is 369 g/mol. The van der Waals surface area contributed by atoms with Crippen molar-refractivity contribution < 1.29 is 31.9 Å². The van der Waals surface area contributed by atoms with E-state index in [4.69, 9.17) is 0 Å². The van der Waals surface area contributed by atoms with E-state index in [1.165, 1.54) is 7.05 Å². The van der Waals surface area contributed by atoms with Crippen molar-refractivity contribution in [1.82, 2.24) is 14.9 Å². The standard InChI is InChI=1S/C15H20FN3O6S/c1-4-19(5-2)26(23,24)10-6-7-12(16)11(8-10)14(21)25-9-13(20)18-15(22)17-3/h6-8H,4-5,9H2,1-3H3,(H2,17,18,20,22). The highest BCUT2D eigenvalue weighted by Crippen LogP contribution is 2.19. The van der Waals surface area contributed by atoms with Crippen LogP contribution in [0, 0.1) is 5.82 Å². The number of nitrogens with one attached hydrogen (secondary N) is 2. The molecule has 0 radical (unpaired) electrons. The van der Waals surface area contributed by atoms with E-state index in [1.54, 1.807) is 13.8 Å². The molecule has 1 aromatic carbocycles. The van der Waals surface area contributed by atoms with Gasteiger partial charge in [0, 0.05) is 20.1 Å². The zero-order chi connectivity index (χ0) is 19.9. The summed E-state index contributed by atoms with van der Waals surface area (Å²) < 4.78 is 44.5. The lowest BCUT2D eigenvalue weighted by Gasteiger charge is -2.18. The molecule has 0 aliphatic carbocycles. The highest BCUT2D eigenvalue weighted by Gasteiger charge is 2.25. The Morgan fingerprint density at radius 3 is 2.35 bits per heavy atom. The fraction of sp³-hybridized carbons (Fsp3) is 0.400. The maximum absolute atomic E-state index is 13.9. The summed E-state index contributed by atoms with van der Waals surface area (Å²) in [4.78, 5) is 34.0. The van der Waals surface area contributed by atoms with Crippen molar-refractivity contribution in [2.45, 2.75) is 18.7 Å². The number of urea groups is 1. The van der Waals surface area contributed by atoms with Gasteiger partial charge in [0.2, 0.25) is 10.0 Å². The number of ether oxygens (including phenoxy) is 1. The molecule has 3 amide bonds. The number of benzene rings is 1. The monoisotopic (exact) mass is 389 g/mol. The molecule has 0 saturated carbocycles. The fourth-order valence-corrected chi connectivity index (χ4v) is 3.45. The van der Waals surface area contributed by atoms with E-state index < -0.39 is 45.9 Å². The first kappa shape index (κ1) is 21.5. The Hall–Kier alpha value is -2.53. The van der Waals surface area contributed by atoms with Gasteiger partial charge in [0.15, 0.2) is 6.61 Å². The van der Waals surface area contributed by atoms with E-state index in [9.17, 15) is 27.2 Å². The molecule has 9 nitrogen and oxygen atoms in total. The summed E-state index contributed by atoms with van der Waals surface area (Å²) in [6.45, 7) is 2.86. The number of sulfonamides is 1. The number of esters is 1. The zero-order valence-corrected chi connectivity index (χ0v) is 15.4. The van der Waals surface area contributed by atoms with Crippen LogP contribution in [-0.4, -0.2) is 57.4 Å². The van der Waals surface area contributed by atoms with Gasteiger partial charge in [-0.2, -0.15) is 4.31 Å². The number of rotatable bonds is 7. The molecule has 2 N–H and O–H groups in total. The van der Waals surface area contributed by atoms with Crippen LogP contribution in [0.1, 0.15) is 24.2 Å². The maximum Gasteiger partial charge on any atom is 0.341 e. The van der Waals surface area contributed by atoms with Gasteiger partial charge in [0.05, 0.1) is 10.5 Å². The number of carbonyl (C=O) groups is 3. The molecule has 0 fully saturated rings. The Morgan fingerprint density at radius 2 is 1.81 bits per heavy atom. The number of amides is 3. The molecule has 0 spiro atoms.